The molecule has 1 heterocycles. The molecule has 0 spiro atoms. The number of halogens is 3. The number of aryl methyl sites for hydroxylation is 1. The standard InChI is InChI=1S/C12H8F3N/c1-7-5-6-10(15)12(16-7)11-8(13)3-2-4-9(11)14/h2-6H,1H3. The van der Waals surface area contributed by atoms with E-state index in [1.807, 2.05) is 0 Å². The molecule has 0 saturated carbocycles. The first kappa shape index (κ1) is 10.7. The third-order valence-electron chi connectivity index (χ3n) is 2.18. The fourth-order valence-electron chi connectivity index (χ4n) is 1.44. The fraction of sp³-hybridized carbons (Fsp3) is 0.0833. The molecular formula is C12H8F3N. The molecule has 2 aromatic rings. The van der Waals surface area contributed by atoms with Crippen molar-refractivity contribution in [3.63, 3.8) is 0 Å². The number of aromatic nitrogens is 1. The van der Waals surface area contributed by atoms with E-state index in [4.69, 9.17) is 0 Å². The summed E-state index contributed by atoms with van der Waals surface area (Å²) in [5.41, 5.74) is -0.224. The van der Waals surface area contributed by atoms with E-state index in [0.717, 1.165) is 18.2 Å². The molecule has 0 bridgehead atoms. The van der Waals surface area contributed by atoms with Crippen LogP contribution in [0.15, 0.2) is 30.3 Å². The Morgan fingerprint density at radius 2 is 1.50 bits per heavy atom. The van der Waals surface area contributed by atoms with Gasteiger partial charge in [-0.05, 0) is 31.2 Å². The Morgan fingerprint density at radius 1 is 0.875 bits per heavy atom. The maximum Gasteiger partial charge on any atom is 0.149 e. The molecule has 0 fully saturated rings. The average molecular weight is 223 g/mol. The van der Waals surface area contributed by atoms with Gasteiger partial charge in [-0.25, -0.2) is 18.2 Å². The van der Waals surface area contributed by atoms with Gasteiger partial charge in [-0.1, -0.05) is 6.07 Å². The Kier molecular flexibility index (Phi) is 2.64. The molecule has 0 aliphatic heterocycles. The number of pyridine rings is 1. The van der Waals surface area contributed by atoms with Gasteiger partial charge < -0.3 is 0 Å². The second kappa shape index (κ2) is 3.96. The zero-order chi connectivity index (χ0) is 11.7. The van der Waals surface area contributed by atoms with Gasteiger partial charge in [0.05, 0.1) is 5.56 Å². The Bertz CT molecular complexity index is 518. The Labute approximate surface area is 90.6 Å². The summed E-state index contributed by atoms with van der Waals surface area (Å²) in [4.78, 5) is 3.81. The van der Waals surface area contributed by atoms with Crippen molar-refractivity contribution in [1.82, 2.24) is 4.98 Å². The van der Waals surface area contributed by atoms with Crippen molar-refractivity contribution < 1.29 is 13.2 Å². The van der Waals surface area contributed by atoms with Crippen molar-refractivity contribution in [2.75, 3.05) is 0 Å². The lowest BCUT2D eigenvalue weighted by Crippen LogP contribution is -1.97. The first-order valence-electron chi connectivity index (χ1n) is 4.67. The number of nitrogens with zero attached hydrogens (tertiary/aromatic N) is 1. The van der Waals surface area contributed by atoms with E-state index in [0.29, 0.717) is 5.69 Å². The van der Waals surface area contributed by atoms with Crippen LogP contribution in [0.5, 0.6) is 0 Å². The minimum Gasteiger partial charge on any atom is -0.250 e. The Morgan fingerprint density at radius 3 is 2.12 bits per heavy atom. The Balaban J connectivity index is 2.72. The van der Waals surface area contributed by atoms with Gasteiger partial charge in [0.1, 0.15) is 23.1 Å². The Hall–Kier alpha value is -1.84. The first-order valence-corrected chi connectivity index (χ1v) is 4.67. The quantitative estimate of drug-likeness (QED) is 0.721. The van der Waals surface area contributed by atoms with Gasteiger partial charge in [-0.15, -0.1) is 0 Å². The lowest BCUT2D eigenvalue weighted by atomic mass is 10.1. The summed E-state index contributed by atoms with van der Waals surface area (Å²) >= 11 is 0. The molecule has 82 valence electrons. The molecule has 0 aliphatic rings. The van der Waals surface area contributed by atoms with E-state index >= 15 is 0 Å². The van der Waals surface area contributed by atoms with Gasteiger partial charge in [0.25, 0.3) is 0 Å². The molecule has 2 rings (SSSR count). The highest BCUT2D eigenvalue weighted by Gasteiger charge is 2.16. The van der Waals surface area contributed by atoms with Crippen molar-refractivity contribution >= 4 is 0 Å². The molecule has 0 aliphatic carbocycles. The van der Waals surface area contributed by atoms with E-state index in [9.17, 15) is 13.2 Å². The van der Waals surface area contributed by atoms with Crippen molar-refractivity contribution in [2.45, 2.75) is 6.92 Å². The molecule has 16 heavy (non-hydrogen) atoms. The topological polar surface area (TPSA) is 12.9 Å². The van der Waals surface area contributed by atoms with Crippen LogP contribution in [0.25, 0.3) is 11.3 Å². The third-order valence-corrected chi connectivity index (χ3v) is 2.18. The summed E-state index contributed by atoms with van der Waals surface area (Å²) in [6.07, 6.45) is 0. The van der Waals surface area contributed by atoms with Crippen molar-refractivity contribution in [2.24, 2.45) is 0 Å². The van der Waals surface area contributed by atoms with Gasteiger partial charge in [-0.2, -0.15) is 0 Å². The lowest BCUT2D eigenvalue weighted by Gasteiger charge is -2.06. The van der Waals surface area contributed by atoms with E-state index in [-0.39, 0.29) is 5.69 Å². The van der Waals surface area contributed by atoms with Crippen LogP contribution in [0.4, 0.5) is 13.2 Å². The normalized spacial score (nSPS) is 10.5. The molecular weight excluding hydrogens is 215 g/mol. The van der Waals surface area contributed by atoms with Crippen LogP contribution in [0.1, 0.15) is 5.69 Å². The maximum atomic E-state index is 13.4. The van der Waals surface area contributed by atoms with Gasteiger partial charge in [0.15, 0.2) is 0 Å². The van der Waals surface area contributed by atoms with Crippen LogP contribution in [-0.2, 0) is 0 Å². The van der Waals surface area contributed by atoms with E-state index in [2.05, 4.69) is 4.98 Å². The first-order chi connectivity index (χ1) is 7.59. The molecule has 0 radical (unpaired) electrons. The largest absolute Gasteiger partial charge is 0.250 e. The molecule has 0 atom stereocenters. The number of hydrogen-bond acceptors (Lipinski definition) is 1. The van der Waals surface area contributed by atoms with Crippen molar-refractivity contribution in [3.05, 3.63) is 53.5 Å². The number of rotatable bonds is 1. The van der Waals surface area contributed by atoms with Gasteiger partial charge in [-0.3, -0.25) is 0 Å². The van der Waals surface area contributed by atoms with Gasteiger partial charge in [0.2, 0.25) is 0 Å². The summed E-state index contributed by atoms with van der Waals surface area (Å²) < 4.78 is 40.2. The summed E-state index contributed by atoms with van der Waals surface area (Å²) in [6.45, 7) is 1.63. The minimum absolute atomic E-state index is 0.296. The predicted octanol–water partition coefficient (Wildman–Crippen LogP) is 3.47. The molecule has 0 N–H and O–H groups in total. The second-order valence-electron chi connectivity index (χ2n) is 3.38. The molecule has 0 amide bonds. The summed E-state index contributed by atoms with van der Waals surface area (Å²) in [7, 11) is 0. The maximum absolute atomic E-state index is 13.4. The highest BCUT2D eigenvalue weighted by Crippen LogP contribution is 2.26. The van der Waals surface area contributed by atoms with Gasteiger partial charge >= 0.3 is 0 Å². The van der Waals surface area contributed by atoms with Crippen LogP contribution in [-0.4, -0.2) is 4.98 Å². The summed E-state index contributed by atoms with van der Waals surface area (Å²) in [6, 6.07) is 5.95. The molecule has 0 saturated heterocycles. The summed E-state index contributed by atoms with van der Waals surface area (Å²) in [5.74, 6) is -2.39. The van der Waals surface area contributed by atoms with Crippen LogP contribution in [0.2, 0.25) is 0 Å². The molecule has 1 aromatic heterocycles. The third kappa shape index (κ3) is 1.78. The van der Waals surface area contributed by atoms with Crippen LogP contribution in [0.3, 0.4) is 0 Å². The zero-order valence-corrected chi connectivity index (χ0v) is 8.47. The minimum atomic E-state index is -0.822. The van der Waals surface area contributed by atoms with E-state index in [1.54, 1.807) is 6.92 Å². The second-order valence-corrected chi connectivity index (χ2v) is 3.38. The monoisotopic (exact) mass is 223 g/mol. The van der Waals surface area contributed by atoms with Gasteiger partial charge in [0, 0.05) is 5.69 Å². The SMILES string of the molecule is Cc1ccc(F)c(-c2c(F)cccc2F)n1. The number of hydrogen-bond donors (Lipinski definition) is 0. The predicted molar refractivity (Wildman–Crippen MR) is 54.3 cm³/mol. The fourth-order valence-corrected chi connectivity index (χ4v) is 1.44. The number of benzene rings is 1. The highest BCUT2D eigenvalue weighted by atomic mass is 19.1. The van der Waals surface area contributed by atoms with Crippen LogP contribution < -0.4 is 0 Å². The van der Waals surface area contributed by atoms with E-state index < -0.39 is 23.0 Å². The van der Waals surface area contributed by atoms with Crippen molar-refractivity contribution in [3.8, 4) is 11.3 Å². The van der Waals surface area contributed by atoms with Crippen LogP contribution >= 0.6 is 0 Å². The van der Waals surface area contributed by atoms with Crippen molar-refractivity contribution in [1.29, 1.82) is 0 Å². The highest BCUT2D eigenvalue weighted by molar-refractivity contribution is 5.61. The summed E-state index contributed by atoms with van der Waals surface area (Å²) in [5, 5.41) is 0. The van der Waals surface area contributed by atoms with Crippen LogP contribution in [0, 0.1) is 24.4 Å². The lowest BCUT2D eigenvalue weighted by molar-refractivity contribution is 0.578. The molecule has 1 aromatic carbocycles. The smallest absolute Gasteiger partial charge is 0.149 e. The molecule has 4 heteroatoms. The van der Waals surface area contributed by atoms with E-state index in [1.165, 1.54) is 12.1 Å². The zero-order valence-electron chi connectivity index (χ0n) is 8.47. The average Bonchev–Trinajstić information content (AvgIpc) is 2.23. The molecule has 0 unspecified atom stereocenters. The molecule has 1 nitrogen and oxygen atoms in total.